The Kier molecular flexibility index (Phi) is 55.4. The van der Waals surface area contributed by atoms with Gasteiger partial charge in [-0.05, 0) is 89.9 Å². The third-order valence-corrected chi connectivity index (χ3v) is 12.4. The molecular formula is C65H108O6. The molecule has 0 N–H and O–H groups in total. The van der Waals surface area contributed by atoms with E-state index in [0.29, 0.717) is 19.3 Å². The van der Waals surface area contributed by atoms with Gasteiger partial charge in [-0.25, -0.2) is 0 Å². The van der Waals surface area contributed by atoms with Gasteiger partial charge in [-0.1, -0.05) is 265 Å². The first kappa shape index (κ1) is 67.1. The molecule has 6 heteroatoms. The fourth-order valence-electron chi connectivity index (χ4n) is 8.00. The number of rotatable bonds is 52. The highest BCUT2D eigenvalue weighted by Gasteiger charge is 2.19. The maximum absolute atomic E-state index is 12.9. The van der Waals surface area contributed by atoms with Crippen LogP contribution in [0.5, 0.6) is 0 Å². The fourth-order valence-corrected chi connectivity index (χ4v) is 8.00. The van der Waals surface area contributed by atoms with Crippen molar-refractivity contribution >= 4 is 17.9 Å². The molecule has 0 saturated heterocycles. The number of hydrogen-bond donors (Lipinski definition) is 0. The number of ether oxygens (including phenoxy) is 3. The Hall–Kier alpha value is -3.93. The number of esters is 3. The summed E-state index contributed by atoms with van der Waals surface area (Å²) >= 11 is 0. The van der Waals surface area contributed by atoms with Crippen molar-refractivity contribution in [3.8, 4) is 0 Å². The van der Waals surface area contributed by atoms with Crippen molar-refractivity contribution in [3.63, 3.8) is 0 Å². The van der Waals surface area contributed by atoms with Gasteiger partial charge in [-0.15, -0.1) is 0 Å². The third kappa shape index (κ3) is 56.9. The third-order valence-electron chi connectivity index (χ3n) is 12.4. The van der Waals surface area contributed by atoms with E-state index in [2.05, 4.69) is 57.2 Å². The molecule has 71 heavy (non-hydrogen) atoms. The zero-order chi connectivity index (χ0) is 51.4. The maximum Gasteiger partial charge on any atom is 0.306 e. The molecule has 0 aliphatic rings. The highest BCUT2D eigenvalue weighted by molar-refractivity contribution is 5.71. The predicted molar refractivity (Wildman–Crippen MR) is 307 cm³/mol. The van der Waals surface area contributed by atoms with E-state index in [1.54, 1.807) is 0 Å². The minimum absolute atomic E-state index is 0.102. The van der Waals surface area contributed by atoms with Crippen molar-refractivity contribution in [2.75, 3.05) is 13.2 Å². The quantitative estimate of drug-likeness (QED) is 0.0199. The van der Waals surface area contributed by atoms with E-state index in [-0.39, 0.29) is 31.1 Å². The Morgan fingerprint density at radius 3 is 0.915 bits per heavy atom. The van der Waals surface area contributed by atoms with Crippen molar-refractivity contribution in [3.05, 3.63) is 109 Å². The van der Waals surface area contributed by atoms with E-state index in [1.165, 1.54) is 128 Å². The number of carbonyl (C=O) groups excluding carboxylic acids is 3. The van der Waals surface area contributed by atoms with Gasteiger partial charge in [0.15, 0.2) is 6.10 Å². The molecule has 0 aromatic rings. The van der Waals surface area contributed by atoms with Gasteiger partial charge in [0.25, 0.3) is 0 Å². The zero-order valence-electron chi connectivity index (χ0n) is 46.2. The molecule has 0 saturated carbocycles. The minimum atomic E-state index is -0.808. The first-order chi connectivity index (χ1) is 35.0. The summed E-state index contributed by atoms with van der Waals surface area (Å²) < 4.78 is 16.8. The molecule has 0 heterocycles. The number of allylic oxidation sites excluding steroid dienone is 18. The van der Waals surface area contributed by atoms with Crippen molar-refractivity contribution in [1.82, 2.24) is 0 Å². The van der Waals surface area contributed by atoms with Crippen LogP contribution < -0.4 is 0 Å². The van der Waals surface area contributed by atoms with E-state index in [4.69, 9.17) is 14.2 Å². The average molecular weight is 986 g/mol. The Balaban J connectivity index is 4.52. The van der Waals surface area contributed by atoms with E-state index in [9.17, 15) is 14.4 Å². The van der Waals surface area contributed by atoms with Crippen molar-refractivity contribution in [2.24, 2.45) is 0 Å². The molecule has 1 unspecified atom stereocenters. The lowest BCUT2D eigenvalue weighted by Gasteiger charge is -2.18. The van der Waals surface area contributed by atoms with Crippen LogP contribution in [0.25, 0.3) is 0 Å². The molecule has 0 bridgehead atoms. The van der Waals surface area contributed by atoms with Gasteiger partial charge in [-0.3, -0.25) is 14.4 Å². The standard InChI is InChI=1S/C65H108O6/c1-4-7-10-13-16-19-22-25-28-31-33-35-37-40-43-46-49-52-55-58-64(67)70-61-62(60-69-63(66)57-54-51-48-45-42-39-36-30-27-24-21-18-15-12-9-6-3)71-65(68)59-56-53-50-47-44-41-38-34-32-29-26-23-20-17-14-11-8-5-2/h7,10,13,16,19,22,25,28,30-31,33-38,40,43,62H,4-6,8-9,11-12,14-15,17-18,20-21,23-24,26-27,29,32,39,41-42,44-61H2,1-3H3/b10-7-,16-13-,22-19-,28-25-,33-31+,36-30-,37-35-,38-34-,43-40-. The molecule has 0 fully saturated rings. The molecule has 0 radical (unpaired) electrons. The topological polar surface area (TPSA) is 78.9 Å². The average Bonchev–Trinajstić information content (AvgIpc) is 3.37. The van der Waals surface area contributed by atoms with E-state index < -0.39 is 6.10 Å². The van der Waals surface area contributed by atoms with Gasteiger partial charge in [0.05, 0.1) is 0 Å². The summed E-state index contributed by atoms with van der Waals surface area (Å²) in [5.41, 5.74) is 0. The fraction of sp³-hybridized carbons (Fsp3) is 0.677. The highest BCUT2D eigenvalue weighted by atomic mass is 16.6. The predicted octanol–water partition coefficient (Wildman–Crippen LogP) is 19.9. The first-order valence-corrected chi connectivity index (χ1v) is 29.5. The van der Waals surface area contributed by atoms with Gasteiger partial charge in [0, 0.05) is 19.3 Å². The van der Waals surface area contributed by atoms with Crippen LogP contribution in [-0.2, 0) is 28.6 Å². The van der Waals surface area contributed by atoms with Crippen LogP contribution in [0.15, 0.2) is 109 Å². The summed E-state index contributed by atoms with van der Waals surface area (Å²) in [7, 11) is 0. The monoisotopic (exact) mass is 985 g/mol. The Morgan fingerprint density at radius 1 is 0.296 bits per heavy atom. The number of carbonyl (C=O) groups is 3. The van der Waals surface area contributed by atoms with Gasteiger partial charge >= 0.3 is 17.9 Å². The van der Waals surface area contributed by atoms with E-state index in [0.717, 1.165) is 96.3 Å². The minimum Gasteiger partial charge on any atom is -0.462 e. The van der Waals surface area contributed by atoms with Gasteiger partial charge in [0.1, 0.15) is 13.2 Å². The molecule has 1 atom stereocenters. The van der Waals surface area contributed by atoms with Crippen LogP contribution in [0.3, 0.4) is 0 Å². The lowest BCUT2D eigenvalue weighted by Crippen LogP contribution is -2.30. The second kappa shape index (κ2) is 58.6. The number of unbranched alkanes of at least 4 members (excludes halogenated alkanes) is 29. The molecule has 0 aromatic carbocycles. The molecule has 404 valence electrons. The number of hydrogen-bond acceptors (Lipinski definition) is 6. The zero-order valence-corrected chi connectivity index (χ0v) is 46.2. The second-order valence-electron chi connectivity index (χ2n) is 19.3. The molecule has 0 amide bonds. The molecule has 0 aliphatic heterocycles. The highest BCUT2D eigenvalue weighted by Crippen LogP contribution is 2.15. The SMILES string of the molecule is CC\C=C/C=C\C=C/C=C\C=C\C=C/C=C\CCCCCC(=O)OCC(COC(=O)CCCCCCC/C=C\CCCCCCCCC)OC(=O)CCCCCCC/C=C\CCCCCCCCCCC. The summed E-state index contributed by atoms with van der Waals surface area (Å²) in [6.45, 7) is 6.45. The molecule has 0 aromatic heterocycles. The maximum atomic E-state index is 12.9. The van der Waals surface area contributed by atoms with Crippen LogP contribution in [0.1, 0.15) is 265 Å². The van der Waals surface area contributed by atoms with E-state index >= 15 is 0 Å². The first-order valence-electron chi connectivity index (χ1n) is 29.5. The lowest BCUT2D eigenvalue weighted by molar-refractivity contribution is -0.167. The smallest absolute Gasteiger partial charge is 0.306 e. The Bertz CT molecular complexity index is 1460. The van der Waals surface area contributed by atoms with Gasteiger partial charge < -0.3 is 14.2 Å². The van der Waals surface area contributed by atoms with Crippen LogP contribution >= 0.6 is 0 Å². The molecule has 6 nitrogen and oxygen atoms in total. The van der Waals surface area contributed by atoms with Crippen molar-refractivity contribution in [1.29, 1.82) is 0 Å². The summed E-state index contributed by atoms with van der Waals surface area (Å²) in [6, 6.07) is 0. The molecular weight excluding hydrogens is 877 g/mol. The van der Waals surface area contributed by atoms with Crippen LogP contribution in [0, 0.1) is 0 Å². The summed E-state index contributed by atoms with van der Waals surface area (Å²) in [5, 5.41) is 0. The van der Waals surface area contributed by atoms with Gasteiger partial charge in [-0.2, -0.15) is 0 Å². The lowest BCUT2D eigenvalue weighted by atomic mass is 10.1. The molecule has 0 spiro atoms. The molecule has 0 rings (SSSR count). The summed E-state index contributed by atoms with van der Waals surface area (Å²) in [5.74, 6) is -0.961. The van der Waals surface area contributed by atoms with Crippen molar-refractivity contribution < 1.29 is 28.6 Å². The van der Waals surface area contributed by atoms with Crippen molar-refractivity contribution in [2.45, 2.75) is 271 Å². The van der Waals surface area contributed by atoms with E-state index in [1.807, 2.05) is 72.9 Å². The van der Waals surface area contributed by atoms with Gasteiger partial charge in [0.2, 0.25) is 0 Å². The Morgan fingerprint density at radius 2 is 0.563 bits per heavy atom. The normalized spacial score (nSPS) is 12.9. The Labute approximate surface area is 438 Å². The van der Waals surface area contributed by atoms with Crippen LogP contribution in [0.4, 0.5) is 0 Å². The molecule has 0 aliphatic carbocycles. The summed E-state index contributed by atoms with van der Waals surface area (Å²) in [4.78, 5) is 38.2. The van der Waals surface area contributed by atoms with Crippen LogP contribution in [0.2, 0.25) is 0 Å². The second-order valence-corrected chi connectivity index (χ2v) is 19.3. The van der Waals surface area contributed by atoms with Crippen LogP contribution in [-0.4, -0.2) is 37.2 Å². The largest absolute Gasteiger partial charge is 0.462 e. The summed E-state index contributed by atoms with van der Waals surface area (Å²) in [6.07, 6.45) is 79.3.